The van der Waals surface area contributed by atoms with E-state index in [9.17, 15) is 4.79 Å². The van der Waals surface area contributed by atoms with Crippen LogP contribution in [0.1, 0.15) is 46.0 Å². The highest BCUT2D eigenvalue weighted by atomic mass is 16.1. The number of carbonyl (C=O) groups is 1. The molecule has 0 radical (unpaired) electrons. The minimum Gasteiger partial charge on any atom is -0.295 e. The molecule has 1 fully saturated rings. The van der Waals surface area contributed by atoms with E-state index in [1.807, 2.05) is 6.08 Å². The Bertz CT molecular complexity index is 256. The van der Waals surface area contributed by atoms with Crippen molar-refractivity contribution in [3.05, 3.63) is 11.6 Å². The third-order valence-corrected chi connectivity index (χ3v) is 3.64. The van der Waals surface area contributed by atoms with E-state index in [0.717, 1.165) is 18.8 Å². The summed E-state index contributed by atoms with van der Waals surface area (Å²) in [7, 11) is 0. The minimum absolute atomic E-state index is 0.291. The smallest absolute Gasteiger partial charge is 0.155 e. The van der Waals surface area contributed by atoms with E-state index in [2.05, 4.69) is 13.8 Å². The Morgan fingerprint density at radius 1 is 1.38 bits per heavy atom. The molecular formula is C12H18O. The van der Waals surface area contributed by atoms with Crippen molar-refractivity contribution in [3.63, 3.8) is 0 Å². The van der Waals surface area contributed by atoms with Gasteiger partial charge < -0.3 is 0 Å². The van der Waals surface area contributed by atoms with Crippen LogP contribution >= 0.6 is 0 Å². The lowest BCUT2D eigenvalue weighted by Gasteiger charge is -2.40. The molecule has 0 heterocycles. The van der Waals surface area contributed by atoms with Gasteiger partial charge in [0.05, 0.1) is 0 Å². The van der Waals surface area contributed by atoms with Gasteiger partial charge in [0.25, 0.3) is 0 Å². The first kappa shape index (κ1) is 8.98. The van der Waals surface area contributed by atoms with Crippen molar-refractivity contribution in [1.82, 2.24) is 0 Å². The molecule has 2 rings (SSSR count). The van der Waals surface area contributed by atoms with E-state index < -0.39 is 0 Å². The minimum atomic E-state index is 0.291. The molecule has 1 nitrogen and oxygen atoms in total. The van der Waals surface area contributed by atoms with Crippen LogP contribution in [-0.4, -0.2) is 5.78 Å². The fourth-order valence-electron chi connectivity index (χ4n) is 2.41. The molecule has 72 valence electrons. The largest absolute Gasteiger partial charge is 0.295 e. The average Bonchev–Trinajstić information content (AvgIpc) is 1.94. The topological polar surface area (TPSA) is 17.1 Å². The van der Waals surface area contributed by atoms with Crippen molar-refractivity contribution in [2.75, 3.05) is 0 Å². The summed E-state index contributed by atoms with van der Waals surface area (Å²) in [5, 5.41) is 0. The molecule has 1 heteroatoms. The Morgan fingerprint density at radius 3 is 2.62 bits per heavy atom. The normalized spacial score (nSPS) is 28.2. The third kappa shape index (κ3) is 1.56. The van der Waals surface area contributed by atoms with Crippen LogP contribution in [0.4, 0.5) is 0 Å². The van der Waals surface area contributed by atoms with Crippen LogP contribution in [0.3, 0.4) is 0 Å². The molecule has 13 heavy (non-hydrogen) atoms. The van der Waals surface area contributed by atoms with Crippen molar-refractivity contribution in [3.8, 4) is 0 Å². The molecule has 0 N–H and O–H groups in total. The van der Waals surface area contributed by atoms with Gasteiger partial charge in [0.2, 0.25) is 0 Å². The molecule has 0 atom stereocenters. The van der Waals surface area contributed by atoms with Crippen LogP contribution in [0.15, 0.2) is 11.6 Å². The second-order valence-corrected chi connectivity index (χ2v) is 5.08. The van der Waals surface area contributed by atoms with Gasteiger partial charge in [0.15, 0.2) is 5.78 Å². The maximum atomic E-state index is 11.3. The van der Waals surface area contributed by atoms with Gasteiger partial charge in [0.1, 0.15) is 0 Å². The predicted molar refractivity (Wildman–Crippen MR) is 53.4 cm³/mol. The summed E-state index contributed by atoms with van der Waals surface area (Å²) < 4.78 is 0. The molecule has 1 saturated carbocycles. The maximum absolute atomic E-state index is 11.3. The first-order chi connectivity index (χ1) is 6.09. The van der Waals surface area contributed by atoms with Gasteiger partial charge in [0, 0.05) is 6.42 Å². The van der Waals surface area contributed by atoms with Gasteiger partial charge in [-0.1, -0.05) is 25.8 Å². The molecule has 0 aliphatic heterocycles. The molecule has 0 aromatic carbocycles. The Balaban J connectivity index is 2.23. The second kappa shape index (κ2) is 2.97. The third-order valence-electron chi connectivity index (χ3n) is 3.64. The van der Waals surface area contributed by atoms with E-state index in [4.69, 9.17) is 0 Å². The number of hydrogen-bond acceptors (Lipinski definition) is 1. The summed E-state index contributed by atoms with van der Waals surface area (Å²) in [4.78, 5) is 11.3. The summed E-state index contributed by atoms with van der Waals surface area (Å²) >= 11 is 0. The molecule has 0 saturated heterocycles. The zero-order valence-corrected chi connectivity index (χ0v) is 8.60. The Labute approximate surface area is 80.2 Å². The molecule has 2 aliphatic carbocycles. The molecular weight excluding hydrogens is 160 g/mol. The van der Waals surface area contributed by atoms with Crippen molar-refractivity contribution in [2.24, 2.45) is 11.3 Å². The van der Waals surface area contributed by atoms with Gasteiger partial charge in [-0.3, -0.25) is 4.79 Å². The van der Waals surface area contributed by atoms with Gasteiger partial charge in [-0.05, 0) is 36.7 Å². The van der Waals surface area contributed by atoms with Crippen molar-refractivity contribution >= 4 is 5.78 Å². The highest BCUT2D eigenvalue weighted by Crippen LogP contribution is 2.46. The van der Waals surface area contributed by atoms with E-state index in [-0.39, 0.29) is 0 Å². The number of rotatable bonds is 1. The Morgan fingerprint density at radius 2 is 2.08 bits per heavy atom. The lowest BCUT2D eigenvalue weighted by molar-refractivity contribution is -0.115. The molecule has 0 amide bonds. The van der Waals surface area contributed by atoms with Crippen LogP contribution in [0.5, 0.6) is 0 Å². The summed E-state index contributed by atoms with van der Waals surface area (Å²) in [6.45, 7) is 4.56. The van der Waals surface area contributed by atoms with Crippen LogP contribution < -0.4 is 0 Å². The van der Waals surface area contributed by atoms with E-state index >= 15 is 0 Å². The lowest BCUT2D eigenvalue weighted by atomic mass is 9.65. The van der Waals surface area contributed by atoms with Gasteiger partial charge in [-0.15, -0.1) is 0 Å². The van der Waals surface area contributed by atoms with Crippen molar-refractivity contribution < 1.29 is 4.79 Å². The summed E-state index contributed by atoms with van der Waals surface area (Å²) in [6, 6.07) is 0. The first-order valence-electron chi connectivity index (χ1n) is 5.34. The predicted octanol–water partition coefficient (Wildman–Crippen LogP) is 3.10. The number of carbonyl (C=O) groups excluding carboxylic acids is 1. The zero-order chi connectivity index (χ0) is 9.47. The quantitative estimate of drug-likeness (QED) is 0.603. The standard InChI is InChI=1S/C12H18O/c1-12(2)7-6-10(13)8-11(12)9-4-3-5-9/h8-9H,3-7H2,1-2H3. The fourth-order valence-corrected chi connectivity index (χ4v) is 2.41. The van der Waals surface area contributed by atoms with E-state index in [1.165, 1.54) is 24.8 Å². The number of ketones is 1. The monoisotopic (exact) mass is 178 g/mol. The van der Waals surface area contributed by atoms with Gasteiger partial charge in [-0.2, -0.15) is 0 Å². The molecule has 0 aromatic heterocycles. The van der Waals surface area contributed by atoms with Crippen LogP contribution in [0.2, 0.25) is 0 Å². The number of hydrogen-bond donors (Lipinski definition) is 0. The molecule has 0 bridgehead atoms. The van der Waals surface area contributed by atoms with Crippen LogP contribution in [-0.2, 0) is 4.79 Å². The zero-order valence-electron chi connectivity index (χ0n) is 8.60. The van der Waals surface area contributed by atoms with E-state index in [1.54, 1.807) is 0 Å². The maximum Gasteiger partial charge on any atom is 0.155 e. The number of allylic oxidation sites excluding steroid dienone is 2. The van der Waals surface area contributed by atoms with E-state index in [0.29, 0.717) is 11.2 Å². The molecule has 0 unspecified atom stereocenters. The van der Waals surface area contributed by atoms with Gasteiger partial charge >= 0.3 is 0 Å². The Hall–Kier alpha value is -0.590. The molecule has 0 aromatic rings. The first-order valence-corrected chi connectivity index (χ1v) is 5.34. The molecule has 0 spiro atoms. The molecule has 2 aliphatic rings. The SMILES string of the molecule is CC1(C)CCC(=O)C=C1C1CCC1. The average molecular weight is 178 g/mol. The summed E-state index contributed by atoms with van der Waals surface area (Å²) in [5.74, 6) is 1.08. The van der Waals surface area contributed by atoms with Crippen LogP contribution in [0.25, 0.3) is 0 Å². The van der Waals surface area contributed by atoms with Gasteiger partial charge in [-0.25, -0.2) is 0 Å². The highest BCUT2D eigenvalue weighted by molar-refractivity contribution is 5.91. The van der Waals surface area contributed by atoms with Crippen molar-refractivity contribution in [1.29, 1.82) is 0 Å². The second-order valence-electron chi connectivity index (χ2n) is 5.08. The Kier molecular flexibility index (Phi) is 2.05. The fraction of sp³-hybridized carbons (Fsp3) is 0.750. The van der Waals surface area contributed by atoms with Crippen LogP contribution in [0, 0.1) is 11.3 Å². The van der Waals surface area contributed by atoms with Crippen molar-refractivity contribution in [2.45, 2.75) is 46.0 Å². The highest BCUT2D eigenvalue weighted by Gasteiger charge is 2.35. The summed E-state index contributed by atoms with van der Waals surface area (Å²) in [5.41, 5.74) is 1.73. The summed E-state index contributed by atoms with van der Waals surface area (Å²) in [6.07, 6.45) is 7.71. The lowest BCUT2D eigenvalue weighted by Crippen LogP contribution is -2.29.